The number of fused-ring (bicyclic) bond motifs is 1. The molecule has 6 heteroatoms. The summed E-state index contributed by atoms with van der Waals surface area (Å²) in [7, 11) is 0. The van der Waals surface area contributed by atoms with Crippen LogP contribution in [0.2, 0.25) is 0 Å². The van der Waals surface area contributed by atoms with Crippen LogP contribution in [0.25, 0.3) is 11.0 Å². The highest BCUT2D eigenvalue weighted by Crippen LogP contribution is 1.92. The van der Waals surface area contributed by atoms with Crippen LogP contribution in [0.15, 0.2) is 26.5 Å². The quantitative estimate of drug-likeness (QED) is 0.526. The second-order valence-electron chi connectivity index (χ2n) is 2.13. The molecule has 60 valence electrons. The van der Waals surface area contributed by atoms with Gasteiger partial charge in [-0.05, 0) is 4.98 Å². The Kier molecular flexibility index (Phi) is 1.26. The Morgan fingerprint density at radius 1 is 1.50 bits per heavy atom. The molecule has 0 aromatic carbocycles. The molecule has 6 nitrogen and oxygen atoms in total. The topological polar surface area (TPSA) is 90.1 Å². The normalized spacial score (nSPS) is 10.3. The first-order valence-electron chi connectivity index (χ1n) is 3.16. The molecule has 0 fully saturated rings. The van der Waals surface area contributed by atoms with Gasteiger partial charge in [-0.15, -0.1) is 0 Å². The first-order chi connectivity index (χ1) is 5.77. The van der Waals surface area contributed by atoms with E-state index in [2.05, 4.69) is 19.4 Å². The minimum Gasteiger partial charge on any atom is -0.372 e. The van der Waals surface area contributed by atoms with Crippen molar-refractivity contribution in [3.63, 3.8) is 0 Å². The molecule has 0 radical (unpaired) electrons. The van der Waals surface area contributed by atoms with Gasteiger partial charge in [0.2, 0.25) is 0 Å². The van der Waals surface area contributed by atoms with Gasteiger partial charge in [-0.1, -0.05) is 0 Å². The lowest BCUT2D eigenvalue weighted by Crippen LogP contribution is -2.17. The Morgan fingerprint density at radius 2 is 2.33 bits per heavy atom. The van der Waals surface area contributed by atoms with Crippen molar-refractivity contribution in [2.24, 2.45) is 0 Å². The third-order valence-corrected chi connectivity index (χ3v) is 1.38. The summed E-state index contributed by atoms with van der Waals surface area (Å²) in [5, 5.41) is 0.220. The molecule has 0 saturated carbocycles. The molecule has 0 unspecified atom stereocenters. The zero-order chi connectivity index (χ0) is 8.55. The second-order valence-corrected chi connectivity index (χ2v) is 2.13. The van der Waals surface area contributed by atoms with E-state index in [1.54, 1.807) is 0 Å². The zero-order valence-corrected chi connectivity index (χ0v) is 5.83. The maximum absolute atomic E-state index is 11.0. The first-order valence-corrected chi connectivity index (χ1v) is 3.16. The van der Waals surface area contributed by atoms with E-state index in [4.69, 9.17) is 0 Å². The van der Waals surface area contributed by atoms with Crippen LogP contribution in [0.5, 0.6) is 0 Å². The van der Waals surface area contributed by atoms with Crippen molar-refractivity contribution in [1.29, 1.82) is 0 Å². The van der Waals surface area contributed by atoms with Gasteiger partial charge in [-0.25, -0.2) is 14.6 Å². The highest BCUT2D eigenvalue weighted by atomic mass is 16.4. The predicted octanol–water partition coefficient (Wildman–Crippen LogP) is -1.31. The molecule has 0 atom stereocenters. The molecule has 0 aliphatic carbocycles. The average Bonchev–Trinajstić information content (AvgIpc) is 2.04. The number of hydrogen-bond acceptors (Lipinski definition) is 4. The van der Waals surface area contributed by atoms with E-state index in [1.807, 2.05) is 0 Å². The molecule has 2 heterocycles. The van der Waals surface area contributed by atoms with Crippen LogP contribution in [0, 0.1) is 0 Å². The number of H-pyrrole nitrogens is 2. The van der Waals surface area contributed by atoms with Crippen LogP contribution in [-0.2, 0) is 0 Å². The number of nitrogens with one attached hydrogen (secondary N) is 2. The van der Waals surface area contributed by atoms with Gasteiger partial charge < -0.3 is 4.42 Å². The van der Waals surface area contributed by atoms with Gasteiger partial charge in [0, 0.05) is 0 Å². The average molecular weight is 166 g/mol. The summed E-state index contributed by atoms with van der Waals surface area (Å²) in [6.07, 6.45) is 2.77. The minimum atomic E-state index is -0.800. The van der Waals surface area contributed by atoms with Crippen LogP contribution in [0.3, 0.4) is 0 Å². The van der Waals surface area contributed by atoms with Gasteiger partial charge in [0.1, 0.15) is 6.20 Å². The van der Waals surface area contributed by atoms with Crippen LogP contribution >= 0.6 is 0 Å². The molecule has 0 spiro atoms. The molecule has 0 bridgehead atoms. The van der Waals surface area contributed by atoms with Crippen molar-refractivity contribution < 1.29 is 9.40 Å². The Morgan fingerprint density at radius 3 is 3.17 bits per heavy atom. The fourth-order valence-corrected chi connectivity index (χ4v) is 0.877. The first kappa shape index (κ1) is 6.71. The van der Waals surface area contributed by atoms with E-state index in [1.165, 1.54) is 12.5 Å². The predicted molar refractivity (Wildman–Crippen MR) is 37.5 cm³/mol. The van der Waals surface area contributed by atoms with Crippen LogP contribution in [0.4, 0.5) is 0 Å². The number of aromatic amines is 2. The molecule has 0 aliphatic rings. The summed E-state index contributed by atoms with van der Waals surface area (Å²) in [5.41, 5.74) is -0.479. The van der Waals surface area contributed by atoms with Crippen molar-refractivity contribution in [3.8, 4) is 0 Å². The van der Waals surface area contributed by atoms with Crippen molar-refractivity contribution in [2.75, 3.05) is 0 Å². The number of hydrogen-bond donors (Lipinski definition) is 1. The van der Waals surface area contributed by atoms with Gasteiger partial charge in [-0.2, -0.15) is 0 Å². The number of nitrogens with zero attached hydrogens (tertiary/aromatic N) is 1. The summed E-state index contributed by atoms with van der Waals surface area (Å²) < 4.78 is 4.26. The smallest absolute Gasteiger partial charge is 0.372 e. The van der Waals surface area contributed by atoms with E-state index in [9.17, 15) is 9.59 Å². The van der Waals surface area contributed by atoms with Gasteiger partial charge in [0.25, 0.3) is 12.0 Å². The maximum atomic E-state index is 11.0. The molecule has 0 amide bonds. The lowest BCUT2D eigenvalue weighted by Gasteiger charge is -1.84. The highest BCUT2D eigenvalue weighted by molar-refractivity contribution is 5.69. The second kappa shape index (κ2) is 2.26. The Bertz CT molecular complexity index is 527. The molecule has 2 aromatic heterocycles. The summed E-state index contributed by atoms with van der Waals surface area (Å²) in [6, 6.07) is 0. The van der Waals surface area contributed by atoms with Crippen LogP contribution in [0.1, 0.15) is 0 Å². The van der Waals surface area contributed by atoms with E-state index < -0.39 is 11.4 Å². The fraction of sp³-hybridized carbons (Fsp3) is 0. The lowest BCUT2D eigenvalue weighted by atomic mass is 10.4. The summed E-state index contributed by atoms with van der Waals surface area (Å²) in [4.78, 5) is 30.2. The molecular weight excluding hydrogens is 162 g/mol. The van der Waals surface area contributed by atoms with E-state index in [0.717, 1.165) is 0 Å². The van der Waals surface area contributed by atoms with Gasteiger partial charge in [0.05, 0.1) is 0 Å². The van der Waals surface area contributed by atoms with Gasteiger partial charge in [0.15, 0.2) is 5.39 Å². The standard InChI is InChI=1S/C6H3N3O3/c10-5-3-1-7-2-8-4(3)9-6(11)12-5/h1-2H,(H,7,8,9,11)/p+1. The van der Waals surface area contributed by atoms with Crippen LogP contribution < -0.4 is 16.4 Å². The van der Waals surface area contributed by atoms with E-state index in [-0.39, 0.29) is 11.0 Å². The van der Waals surface area contributed by atoms with Gasteiger partial charge >= 0.3 is 11.4 Å². The van der Waals surface area contributed by atoms with Crippen LogP contribution in [-0.4, -0.2) is 9.97 Å². The summed E-state index contributed by atoms with van der Waals surface area (Å²) >= 11 is 0. The van der Waals surface area contributed by atoms with Crippen molar-refractivity contribution in [3.05, 3.63) is 33.5 Å². The number of rotatable bonds is 0. The van der Waals surface area contributed by atoms with Gasteiger partial charge in [-0.3, -0.25) is 4.98 Å². The van der Waals surface area contributed by atoms with Crippen molar-refractivity contribution >= 4 is 11.0 Å². The summed E-state index contributed by atoms with van der Waals surface area (Å²) in [6.45, 7) is 0. The van der Waals surface area contributed by atoms with Crippen molar-refractivity contribution in [2.45, 2.75) is 0 Å². The third kappa shape index (κ3) is 0.895. The fourth-order valence-electron chi connectivity index (χ4n) is 0.877. The number of aromatic nitrogens is 3. The Hall–Kier alpha value is -1.98. The highest BCUT2D eigenvalue weighted by Gasteiger charge is 2.06. The molecule has 0 aliphatic heterocycles. The Labute approximate surface area is 64.9 Å². The summed E-state index contributed by atoms with van der Waals surface area (Å²) in [5.74, 6) is -0.800. The SMILES string of the molecule is O=c1[nH]c2nc[nH+]cc2c(=O)o1. The Balaban J connectivity index is 3.09. The molecule has 0 saturated heterocycles. The maximum Gasteiger partial charge on any atom is 0.422 e. The molecule has 12 heavy (non-hydrogen) atoms. The van der Waals surface area contributed by atoms with Crippen molar-refractivity contribution in [1.82, 2.24) is 9.97 Å². The van der Waals surface area contributed by atoms with E-state index in [0.29, 0.717) is 0 Å². The monoisotopic (exact) mass is 166 g/mol. The third-order valence-electron chi connectivity index (χ3n) is 1.38. The molecule has 2 aromatic rings. The molecule has 2 rings (SSSR count). The zero-order valence-electron chi connectivity index (χ0n) is 5.83. The van der Waals surface area contributed by atoms with E-state index >= 15 is 0 Å². The minimum absolute atomic E-state index is 0.218. The molecule has 2 N–H and O–H groups in total. The lowest BCUT2D eigenvalue weighted by molar-refractivity contribution is -0.380. The largest absolute Gasteiger partial charge is 0.422 e. The molecular formula is C6H4N3O3+.